The van der Waals surface area contributed by atoms with E-state index < -0.39 is 0 Å². The monoisotopic (exact) mass is 419 g/mol. The van der Waals surface area contributed by atoms with Gasteiger partial charge in [-0.1, -0.05) is 17.7 Å². The summed E-state index contributed by atoms with van der Waals surface area (Å²) < 4.78 is 5.83. The minimum atomic E-state index is -0.232. The van der Waals surface area contributed by atoms with Gasteiger partial charge in [0.25, 0.3) is 5.91 Å². The number of aliphatic imine (C=N–C) groups is 1. The highest BCUT2D eigenvalue weighted by Gasteiger charge is 2.24. The number of halogens is 1. The number of carbonyl (C=O) groups is 1. The van der Waals surface area contributed by atoms with E-state index in [0.717, 1.165) is 11.1 Å². The summed E-state index contributed by atoms with van der Waals surface area (Å²) in [4.78, 5) is 17.3. The minimum Gasteiger partial charge on any atom is -0.457 e. The smallest absolute Gasteiger partial charge is 0.264 e. The number of rotatable bonds is 3. The van der Waals surface area contributed by atoms with Crippen LogP contribution in [0.3, 0.4) is 0 Å². The van der Waals surface area contributed by atoms with E-state index in [4.69, 9.17) is 21.3 Å². The average molecular weight is 420 g/mol. The van der Waals surface area contributed by atoms with Crippen LogP contribution >= 0.6 is 23.4 Å². The van der Waals surface area contributed by atoms with Crippen molar-refractivity contribution in [3.8, 4) is 17.4 Å². The Hall–Kier alpha value is -3.27. The van der Waals surface area contributed by atoms with Crippen LogP contribution in [0, 0.1) is 18.3 Å². The molecule has 1 saturated heterocycles. The Morgan fingerprint density at radius 2 is 1.97 bits per heavy atom. The zero-order chi connectivity index (χ0) is 20.4. The summed E-state index contributed by atoms with van der Waals surface area (Å²) in [5, 5.41) is 12.7. The van der Waals surface area contributed by atoms with Gasteiger partial charge < -0.3 is 9.73 Å². The highest BCUT2D eigenvalue weighted by Crippen LogP contribution is 2.31. The van der Waals surface area contributed by atoms with Gasteiger partial charge in [-0.25, -0.2) is 4.99 Å². The van der Waals surface area contributed by atoms with Gasteiger partial charge in [0.05, 0.1) is 22.2 Å². The van der Waals surface area contributed by atoms with Gasteiger partial charge >= 0.3 is 0 Å². The number of amidine groups is 1. The molecule has 4 rings (SSSR count). The van der Waals surface area contributed by atoms with Gasteiger partial charge in [-0.2, -0.15) is 5.26 Å². The first kappa shape index (κ1) is 19.1. The van der Waals surface area contributed by atoms with Crippen molar-refractivity contribution < 1.29 is 9.21 Å². The van der Waals surface area contributed by atoms with Gasteiger partial charge in [0, 0.05) is 16.7 Å². The predicted octanol–water partition coefficient (Wildman–Crippen LogP) is 5.67. The van der Waals surface area contributed by atoms with Crippen LogP contribution in [-0.2, 0) is 4.79 Å². The van der Waals surface area contributed by atoms with Gasteiger partial charge in [0.2, 0.25) is 0 Å². The number of nitrogens with zero attached hydrogens (tertiary/aromatic N) is 2. The molecule has 7 heteroatoms. The Labute approximate surface area is 176 Å². The molecule has 1 N–H and O–H groups in total. The Morgan fingerprint density at radius 1 is 1.17 bits per heavy atom. The highest BCUT2D eigenvalue weighted by atomic mass is 35.5. The lowest BCUT2D eigenvalue weighted by Crippen LogP contribution is -2.19. The number of amides is 1. The largest absolute Gasteiger partial charge is 0.457 e. The van der Waals surface area contributed by atoms with Crippen molar-refractivity contribution in [1.29, 1.82) is 5.26 Å². The molecular weight excluding hydrogens is 406 g/mol. The van der Waals surface area contributed by atoms with Crippen molar-refractivity contribution in [2.24, 2.45) is 4.99 Å². The molecule has 1 aliphatic heterocycles. The fourth-order valence-electron chi connectivity index (χ4n) is 2.72. The van der Waals surface area contributed by atoms with Crippen molar-refractivity contribution >= 4 is 46.2 Å². The van der Waals surface area contributed by atoms with Gasteiger partial charge in [-0.15, -0.1) is 0 Å². The Kier molecular flexibility index (Phi) is 5.26. The fraction of sp³-hybridized carbons (Fsp3) is 0.0455. The van der Waals surface area contributed by atoms with Gasteiger partial charge in [0.15, 0.2) is 5.17 Å². The maximum atomic E-state index is 12.3. The molecule has 142 valence electrons. The predicted molar refractivity (Wildman–Crippen MR) is 116 cm³/mol. The van der Waals surface area contributed by atoms with E-state index in [0.29, 0.717) is 37.9 Å². The SMILES string of the molecule is Cc1ccc(Cl)cc1N=C1NC(=O)/C(=C/c2ccc(-c3ccc(C#N)cc3)o2)S1. The molecule has 1 fully saturated rings. The molecule has 0 bridgehead atoms. The quantitative estimate of drug-likeness (QED) is 0.554. The van der Waals surface area contributed by atoms with Crippen molar-refractivity contribution in [3.05, 3.63) is 81.4 Å². The molecule has 2 heterocycles. The maximum absolute atomic E-state index is 12.3. The number of hydrogen-bond acceptors (Lipinski definition) is 5. The number of hydrogen-bond donors (Lipinski definition) is 1. The van der Waals surface area contributed by atoms with Crippen molar-refractivity contribution in [3.63, 3.8) is 0 Å². The van der Waals surface area contributed by atoms with Crippen LogP contribution in [0.5, 0.6) is 0 Å². The second-order valence-corrected chi connectivity index (χ2v) is 7.77. The van der Waals surface area contributed by atoms with Crippen LogP contribution in [0.4, 0.5) is 5.69 Å². The molecule has 0 spiro atoms. The standard InChI is InChI=1S/C22H14ClN3O2S/c1-13-2-7-16(23)10-18(13)25-22-26-21(27)20(29-22)11-17-8-9-19(28-17)15-5-3-14(12-24)4-6-15/h2-11H,1H3,(H,25,26,27)/b20-11-. The molecule has 2 aromatic carbocycles. The number of aryl methyl sites for hydroxylation is 1. The number of benzene rings is 2. The molecule has 0 radical (unpaired) electrons. The van der Waals surface area contributed by atoms with Crippen LogP contribution in [0.2, 0.25) is 5.02 Å². The topological polar surface area (TPSA) is 78.4 Å². The molecule has 1 aliphatic rings. The summed E-state index contributed by atoms with van der Waals surface area (Å²) in [7, 11) is 0. The Balaban J connectivity index is 1.55. The highest BCUT2D eigenvalue weighted by molar-refractivity contribution is 8.18. The molecule has 1 aromatic heterocycles. The zero-order valence-electron chi connectivity index (χ0n) is 15.3. The third-order valence-corrected chi connectivity index (χ3v) is 5.39. The van der Waals surface area contributed by atoms with Crippen LogP contribution in [-0.4, -0.2) is 11.1 Å². The summed E-state index contributed by atoms with van der Waals surface area (Å²) in [6, 6.07) is 18.3. The maximum Gasteiger partial charge on any atom is 0.264 e. The van der Waals surface area contributed by atoms with E-state index >= 15 is 0 Å². The van der Waals surface area contributed by atoms with Crippen LogP contribution in [0.1, 0.15) is 16.9 Å². The van der Waals surface area contributed by atoms with Crippen molar-refractivity contribution in [2.45, 2.75) is 6.92 Å². The van der Waals surface area contributed by atoms with E-state index in [2.05, 4.69) is 16.4 Å². The Morgan fingerprint density at radius 3 is 2.72 bits per heavy atom. The van der Waals surface area contributed by atoms with Crippen molar-refractivity contribution in [2.75, 3.05) is 0 Å². The number of nitrogens with one attached hydrogen (secondary N) is 1. The van der Waals surface area contributed by atoms with Gasteiger partial charge in [-0.3, -0.25) is 4.79 Å². The first-order valence-electron chi connectivity index (χ1n) is 8.68. The van der Waals surface area contributed by atoms with E-state index in [1.165, 1.54) is 11.8 Å². The summed E-state index contributed by atoms with van der Waals surface area (Å²) in [6.07, 6.45) is 1.68. The zero-order valence-corrected chi connectivity index (χ0v) is 16.8. The average Bonchev–Trinajstić information content (AvgIpc) is 3.32. The first-order chi connectivity index (χ1) is 14.0. The second-order valence-electron chi connectivity index (χ2n) is 6.30. The lowest BCUT2D eigenvalue weighted by atomic mass is 10.1. The van der Waals surface area contributed by atoms with Gasteiger partial charge in [0.1, 0.15) is 11.5 Å². The molecule has 0 aliphatic carbocycles. The second kappa shape index (κ2) is 8.00. The normalized spacial score (nSPS) is 16.2. The minimum absolute atomic E-state index is 0.232. The summed E-state index contributed by atoms with van der Waals surface area (Å²) in [5.74, 6) is 0.986. The van der Waals surface area contributed by atoms with Gasteiger partial charge in [-0.05, 0) is 72.8 Å². The third-order valence-electron chi connectivity index (χ3n) is 4.24. The van der Waals surface area contributed by atoms with E-state index in [1.807, 2.05) is 31.2 Å². The van der Waals surface area contributed by atoms with Crippen molar-refractivity contribution in [1.82, 2.24) is 5.32 Å². The fourth-order valence-corrected chi connectivity index (χ4v) is 3.70. The molecule has 5 nitrogen and oxygen atoms in total. The first-order valence-corrected chi connectivity index (χ1v) is 9.87. The number of furan rings is 1. The third kappa shape index (κ3) is 4.27. The number of carbonyl (C=O) groups excluding carboxylic acids is 1. The van der Waals surface area contributed by atoms with E-state index in [1.54, 1.807) is 36.4 Å². The molecule has 3 aromatic rings. The molecule has 0 unspecified atom stereocenters. The lowest BCUT2D eigenvalue weighted by molar-refractivity contribution is -0.115. The summed E-state index contributed by atoms with van der Waals surface area (Å²) >= 11 is 7.28. The summed E-state index contributed by atoms with van der Waals surface area (Å²) in [6.45, 7) is 1.93. The number of thioether (sulfide) groups is 1. The molecule has 1 amide bonds. The molecule has 29 heavy (non-hydrogen) atoms. The Bertz CT molecular complexity index is 1200. The molecular formula is C22H14ClN3O2S. The van der Waals surface area contributed by atoms with E-state index in [-0.39, 0.29) is 5.91 Å². The lowest BCUT2D eigenvalue weighted by Gasteiger charge is -2.01. The molecule has 0 atom stereocenters. The van der Waals surface area contributed by atoms with Crippen LogP contribution in [0.25, 0.3) is 17.4 Å². The van der Waals surface area contributed by atoms with Crippen LogP contribution in [0.15, 0.2) is 68.9 Å². The number of nitriles is 1. The van der Waals surface area contributed by atoms with E-state index in [9.17, 15) is 4.79 Å². The molecule has 0 saturated carbocycles. The van der Waals surface area contributed by atoms with Crippen LogP contribution < -0.4 is 5.32 Å². The summed E-state index contributed by atoms with van der Waals surface area (Å²) in [5.41, 5.74) is 3.12.